The van der Waals surface area contributed by atoms with E-state index < -0.39 is 0 Å². The normalized spacial score (nSPS) is 11.6. The molecule has 17 heavy (non-hydrogen) atoms. The molecule has 1 unspecified atom stereocenters. The minimum Gasteiger partial charge on any atom is -0.342 e. The molecule has 0 fully saturated rings. The van der Waals surface area contributed by atoms with Crippen LogP contribution in [-0.2, 0) is 17.8 Å². The van der Waals surface area contributed by atoms with Crippen molar-refractivity contribution >= 4 is 5.91 Å². The third-order valence-corrected chi connectivity index (χ3v) is 2.63. The molecule has 1 aromatic rings. The van der Waals surface area contributed by atoms with Crippen molar-refractivity contribution in [2.45, 2.75) is 32.4 Å². The van der Waals surface area contributed by atoms with Gasteiger partial charge in [-0.3, -0.25) is 4.79 Å². The number of nitrogens with one attached hydrogen (secondary N) is 1. The second-order valence-electron chi connectivity index (χ2n) is 3.84. The van der Waals surface area contributed by atoms with Gasteiger partial charge in [0.05, 0.1) is 12.5 Å². The zero-order chi connectivity index (χ0) is 12.7. The summed E-state index contributed by atoms with van der Waals surface area (Å²) in [5, 5.41) is 2.80. The molecule has 0 saturated carbocycles. The maximum absolute atomic E-state index is 11.8. The number of rotatable bonds is 5. The Kier molecular flexibility index (Phi) is 5.25. The van der Waals surface area contributed by atoms with Crippen molar-refractivity contribution in [1.82, 2.24) is 5.32 Å². The summed E-state index contributed by atoms with van der Waals surface area (Å²) < 4.78 is 0. The van der Waals surface area contributed by atoms with Gasteiger partial charge in [0.15, 0.2) is 0 Å². The molecule has 0 radical (unpaired) electrons. The van der Waals surface area contributed by atoms with E-state index in [4.69, 9.17) is 12.2 Å². The number of carbonyl (C=O) groups excluding carboxylic acids is 1. The van der Waals surface area contributed by atoms with E-state index in [0.29, 0.717) is 13.0 Å². The van der Waals surface area contributed by atoms with Crippen LogP contribution in [0.3, 0.4) is 0 Å². The van der Waals surface area contributed by atoms with Gasteiger partial charge < -0.3 is 11.1 Å². The Bertz CT molecular complexity index is 420. The summed E-state index contributed by atoms with van der Waals surface area (Å²) in [5.74, 6) is 2.48. The Morgan fingerprint density at radius 2 is 2.12 bits per heavy atom. The first-order valence-corrected chi connectivity index (χ1v) is 5.73. The van der Waals surface area contributed by atoms with Gasteiger partial charge in [-0.25, -0.2) is 0 Å². The molecule has 0 heterocycles. The Morgan fingerprint density at radius 3 is 2.65 bits per heavy atom. The van der Waals surface area contributed by atoms with Crippen LogP contribution in [0.25, 0.3) is 0 Å². The van der Waals surface area contributed by atoms with Crippen molar-refractivity contribution in [2.24, 2.45) is 5.73 Å². The zero-order valence-corrected chi connectivity index (χ0v) is 10.1. The van der Waals surface area contributed by atoms with E-state index in [1.54, 1.807) is 0 Å². The van der Waals surface area contributed by atoms with Crippen LogP contribution in [0.5, 0.6) is 0 Å². The number of carbonyl (C=O) groups is 1. The number of nitrogens with two attached hydrogens (primary N) is 1. The summed E-state index contributed by atoms with van der Waals surface area (Å²) in [6.45, 7) is 2.38. The van der Waals surface area contributed by atoms with Gasteiger partial charge in [-0.2, -0.15) is 0 Å². The van der Waals surface area contributed by atoms with Crippen LogP contribution in [0.1, 0.15) is 24.5 Å². The van der Waals surface area contributed by atoms with E-state index in [1.165, 1.54) is 0 Å². The third kappa shape index (κ3) is 3.93. The van der Waals surface area contributed by atoms with Crippen LogP contribution in [0, 0.1) is 12.3 Å². The van der Waals surface area contributed by atoms with E-state index in [-0.39, 0.29) is 11.9 Å². The number of benzene rings is 1. The molecule has 0 aromatic heterocycles. The highest BCUT2D eigenvalue weighted by Gasteiger charge is 2.09. The molecule has 1 atom stereocenters. The predicted octanol–water partition coefficient (Wildman–Crippen LogP) is 1.22. The van der Waals surface area contributed by atoms with Crippen molar-refractivity contribution in [3.8, 4) is 12.3 Å². The van der Waals surface area contributed by atoms with Gasteiger partial charge in [-0.1, -0.05) is 37.1 Å². The average Bonchev–Trinajstić information content (AvgIpc) is 2.36. The number of terminal acetylenes is 1. The summed E-state index contributed by atoms with van der Waals surface area (Å²) >= 11 is 0. The molecule has 0 aliphatic rings. The first kappa shape index (κ1) is 13.3. The Hall–Kier alpha value is -1.79. The molecule has 1 aromatic carbocycles. The van der Waals surface area contributed by atoms with Crippen LogP contribution in [-0.4, -0.2) is 11.9 Å². The number of hydrogen-bond acceptors (Lipinski definition) is 2. The van der Waals surface area contributed by atoms with E-state index in [2.05, 4.69) is 11.2 Å². The molecule has 1 rings (SSSR count). The molecule has 3 N–H and O–H groups in total. The second kappa shape index (κ2) is 6.72. The van der Waals surface area contributed by atoms with Crippen LogP contribution >= 0.6 is 0 Å². The maximum Gasteiger partial charge on any atom is 0.225 e. The fourth-order valence-corrected chi connectivity index (χ4v) is 1.61. The molecule has 90 valence electrons. The molecule has 3 nitrogen and oxygen atoms in total. The van der Waals surface area contributed by atoms with E-state index in [1.807, 2.05) is 31.2 Å². The standard InChI is InChI=1S/C14H18N2O/c1-3-13(4-2)16-14(17)9-11-7-5-6-8-12(11)10-15/h1,5-8,13H,4,9-10,15H2,2H3,(H,16,17). The van der Waals surface area contributed by atoms with Gasteiger partial charge in [0.2, 0.25) is 5.91 Å². The van der Waals surface area contributed by atoms with E-state index in [9.17, 15) is 4.79 Å². The van der Waals surface area contributed by atoms with E-state index in [0.717, 1.165) is 17.5 Å². The SMILES string of the molecule is C#CC(CC)NC(=O)Cc1ccccc1CN. The van der Waals surface area contributed by atoms with Gasteiger partial charge in [0.25, 0.3) is 0 Å². The van der Waals surface area contributed by atoms with Crippen LogP contribution in [0.4, 0.5) is 0 Å². The van der Waals surface area contributed by atoms with E-state index >= 15 is 0 Å². The molecule has 0 aliphatic carbocycles. The van der Waals surface area contributed by atoms with Crippen LogP contribution in [0.15, 0.2) is 24.3 Å². The first-order valence-electron chi connectivity index (χ1n) is 5.73. The smallest absolute Gasteiger partial charge is 0.225 e. The molecule has 1 amide bonds. The monoisotopic (exact) mass is 230 g/mol. The fraction of sp³-hybridized carbons (Fsp3) is 0.357. The largest absolute Gasteiger partial charge is 0.342 e. The highest BCUT2D eigenvalue weighted by molar-refractivity contribution is 5.79. The quantitative estimate of drug-likeness (QED) is 0.747. The summed E-state index contributed by atoms with van der Waals surface area (Å²) in [7, 11) is 0. The van der Waals surface area contributed by atoms with Crippen molar-refractivity contribution in [2.75, 3.05) is 0 Å². The van der Waals surface area contributed by atoms with Crippen LogP contribution in [0.2, 0.25) is 0 Å². The lowest BCUT2D eigenvalue weighted by Crippen LogP contribution is -2.34. The van der Waals surface area contributed by atoms with Crippen molar-refractivity contribution in [3.63, 3.8) is 0 Å². The van der Waals surface area contributed by atoms with Crippen molar-refractivity contribution in [1.29, 1.82) is 0 Å². The third-order valence-electron chi connectivity index (χ3n) is 2.63. The maximum atomic E-state index is 11.8. The topological polar surface area (TPSA) is 55.1 Å². The molecular weight excluding hydrogens is 212 g/mol. The zero-order valence-electron chi connectivity index (χ0n) is 10.1. The summed E-state index contributed by atoms with van der Waals surface area (Å²) in [6, 6.07) is 7.48. The highest BCUT2D eigenvalue weighted by atomic mass is 16.1. The van der Waals surface area contributed by atoms with Crippen LogP contribution < -0.4 is 11.1 Å². The first-order chi connectivity index (χ1) is 8.21. The Labute approximate surface area is 102 Å². The fourth-order valence-electron chi connectivity index (χ4n) is 1.61. The van der Waals surface area contributed by atoms with Gasteiger partial charge >= 0.3 is 0 Å². The molecule has 0 aliphatic heterocycles. The molecule has 3 heteroatoms. The molecule has 0 spiro atoms. The highest BCUT2D eigenvalue weighted by Crippen LogP contribution is 2.08. The van der Waals surface area contributed by atoms with Crippen molar-refractivity contribution < 1.29 is 4.79 Å². The number of amides is 1. The summed E-state index contributed by atoms with van der Waals surface area (Å²) in [5.41, 5.74) is 7.57. The lowest BCUT2D eigenvalue weighted by Gasteiger charge is -2.12. The second-order valence-corrected chi connectivity index (χ2v) is 3.84. The molecule has 0 bridgehead atoms. The lowest BCUT2D eigenvalue weighted by atomic mass is 10.0. The molecule has 0 saturated heterocycles. The van der Waals surface area contributed by atoms with Crippen molar-refractivity contribution in [3.05, 3.63) is 35.4 Å². The average molecular weight is 230 g/mol. The lowest BCUT2D eigenvalue weighted by molar-refractivity contribution is -0.120. The van der Waals surface area contributed by atoms with Gasteiger partial charge in [0, 0.05) is 6.54 Å². The summed E-state index contributed by atoms with van der Waals surface area (Å²) in [4.78, 5) is 11.8. The molecular formula is C14H18N2O. The van der Waals surface area contributed by atoms with Gasteiger partial charge in [0.1, 0.15) is 0 Å². The van der Waals surface area contributed by atoms with Gasteiger partial charge in [-0.15, -0.1) is 6.42 Å². The Balaban J connectivity index is 2.65. The summed E-state index contributed by atoms with van der Waals surface area (Å²) in [6.07, 6.45) is 6.36. The number of hydrogen-bond donors (Lipinski definition) is 2. The minimum atomic E-state index is -0.187. The predicted molar refractivity (Wildman–Crippen MR) is 69.1 cm³/mol. The van der Waals surface area contributed by atoms with Gasteiger partial charge in [-0.05, 0) is 17.5 Å². The Morgan fingerprint density at radius 1 is 1.47 bits per heavy atom. The minimum absolute atomic E-state index is 0.0595.